The average molecular weight is 214 g/mol. The Balaban J connectivity index is 3.21. The van der Waals surface area contributed by atoms with Crippen LogP contribution in [0.3, 0.4) is 0 Å². The minimum Gasteiger partial charge on any atom is -0.406 e. The standard InChI is InChI=1S/C3H4O7P2/c4-3(7-1-9-11-5)8-2-10-12-6/h1-2H2. The van der Waals surface area contributed by atoms with Crippen LogP contribution < -0.4 is 0 Å². The molecule has 0 saturated heterocycles. The lowest BCUT2D eigenvalue weighted by molar-refractivity contribution is -0.0199. The van der Waals surface area contributed by atoms with Gasteiger partial charge in [-0.15, -0.1) is 0 Å². The first kappa shape index (κ1) is 11.4. The molecule has 0 spiro atoms. The number of rotatable bonds is 6. The predicted octanol–water partition coefficient (Wildman–Crippen LogP) is 1.50. The van der Waals surface area contributed by atoms with E-state index in [2.05, 4.69) is 18.5 Å². The molecule has 0 saturated carbocycles. The van der Waals surface area contributed by atoms with E-state index in [4.69, 9.17) is 0 Å². The van der Waals surface area contributed by atoms with E-state index in [1.807, 2.05) is 0 Å². The molecule has 68 valence electrons. The molecule has 0 N–H and O–H groups in total. The van der Waals surface area contributed by atoms with E-state index in [0.29, 0.717) is 0 Å². The third-order valence-corrected chi connectivity index (χ3v) is 0.986. The summed E-state index contributed by atoms with van der Waals surface area (Å²) in [5, 5.41) is 0. The fourth-order valence-corrected chi connectivity index (χ4v) is 0.425. The second kappa shape index (κ2) is 8.49. The average Bonchev–Trinajstić information content (AvgIpc) is 2.06. The van der Waals surface area contributed by atoms with E-state index >= 15 is 0 Å². The van der Waals surface area contributed by atoms with Crippen LogP contribution in [0.25, 0.3) is 0 Å². The van der Waals surface area contributed by atoms with E-state index < -0.39 is 37.1 Å². The molecule has 0 aromatic rings. The van der Waals surface area contributed by atoms with Crippen molar-refractivity contribution in [2.75, 3.05) is 13.6 Å². The summed E-state index contributed by atoms with van der Waals surface area (Å²) in [6, 6.07) is 0. The van der Waals surface area contributed by atoms with Gasteiger partial charge in [0.05, 0.1) is 0 Å². The van der Waals surface area contributed by atoms with Crippen molar-refractivity contribution in [3.8, 4) is 0 Å². The highest BCUT2D eigenvalue weighted by Crippen LogP contribution is 1.97. The summed E-state index contributed by atoms with van der Waals surface area (Å²) in [6.07, 6.45) is -1.07. The zero-order valence-corrected chi connectivity index (χ0v) is 7.46. The highest BCUT2D eigenvalue weighted by atomic mass is 31.1. The summed E-state index contributed by atoms with van der Waals surface area (Å²) < 4.78 is 35.8. The van der Waals surface area contributed by atoms with Crippen molar-refractivity contribution in [2.24, 2.45) is 0 Å². The first-order valence-electron chi connectivity index (χ1n) is 2.50. The predicted molar refractivity (Wildman–Crippen MR) is 34.7 cm³/mol. The molecular weight excluding hydrogens is 210 g/mol. The van der Waals surface area contributed by atoms with Crippen molar-refractivity contribution in [3.05, 3.63) is 0 Å². The number of hydrogen-bond donors (Lipinski definition) is 0. The molecule has 0 aromatic carbocycles. The lowest BCUT2D eigenvalue weighted by atomic mass is 11.2. The fourth-order valence-electron chi connectivity index (χ4n) is 0.234. The minimum absolute atomic E-state index is 0.487. The summed E-state index contributed by atoms with van der Waals surface area (Å²) in [4.78, 5) is 10.4. The van der Waals surface area contributed by atoms with Crippen LogP contribution in [-0.4, -0.2) is 19.7 Å². The number of carbonyl (C=O) groups is 1. The lowest BCUT2D eigenvalue weighted by Gasteiger charge is -2.00. The maximum Gasteiger partial charge on any atom is 0.512 e. The molecule has 0 bridgehead atoms. The summed E-state index contributed by atoms with van der Waals surface area (Å²) in [6.45, 7) is -0.974. The second-order valence-electron chi connectivity index (χ2n) is 1.18. The molecule has 0 aliphatic heterocycles. The van der Waals surface area contributed by atoms with Crippen LogP contribution in [0.5, 0.6) is 0 Å². The van der Waals surface area contributed by atoms with Gasteiger partial charge in [0.1, 0.15) is 0 Å². The van der Waals surface area contributed by atoms with Crippen molar-refractivity contribution in [1.82, 2.24) is 0 Å². The normalized spacial score (nSPS) is 10.0. The van der Waals surface area contributed by atoms with E-state index in [0.717, 1.165) is 0 Å². The molecule has 7 nitrogen and oxygen atoms in total. The van der Waals surface area contributed by atoms with E-state index in [9.17, 15) is 13.9 Å². The first-order chi connectivity index (χ1) is 5.81. The van der Waals surface area contributed by atoms with E-state index in [1.165, 1.54) is 0 Å². The van der Waals surface area contributed by atoms with Crippen molar-refractivity contribution < 1.29 is 32.4 Å². The number of ether oxygens (including phenoxy) is 2. The molecule has 0 unspecified atom stereocenters. The molecule has 0 fully saturated rings. The van der Waals surface area contributed by atoms with Gasteiger partial charge >= 0.3 is 23.5 Å². The topological polar surface area (TPSA) is 88.1 Å². The van der Waals surface area contributed by atoms with Crippen LogP contribution in [0.15, 0.2) is 0 Å². The van der Waals surface area contributed by atoms with Crippen molar-refractivity contribution in [3.63, 3.8) is 0 Å². The van der Waals surface area contributed by atoms with Gasteiger partial charge in [0.25, 0.3) is 0 Å². The minimum atomic E-state index is -1.07. The molecule has 9 heteroatoms. The van der Waals surface area contributed by atoms with Gasteiger partial charge in [0, 0.05) is 0 Å². The summed E-state index contributed by atoms with van der Waals surface area (Å²) in [5.41, 5.74) is 0. The number of hydrogen-bond acceptors (Lipinski definition) is 7. The molecule has 12 heavy (non-hydrogen) atoms. The maximum absolute atomic E-state index is 10.4. The molecule has 0 aliphatic rings. The van der Waals surface area contributed by atoms with Gasteiger partial charge in [-0.25, -0.2) is 13.9 Å². The highest BCUT2D eigenvalue weighted by molar-refractivity contribution is 7.17. The summed E-state index contributed by atoms with van der Waals surface area (Å²) in [5.74, 6) is 0. The molecule has 0 rings (SSSR count). The lowest BCUT2D eigenvalue weighted by Crippen LogP contribution is -2.09. The SMILES string of the molecule is O=POCOC(=O)OCOP=O. The van der Waals surface area contributed by atoms with Crippen molar-refractivity contribution >= 4 is 23.5 Å². The Morgan fingerprint density at radius 2 is 1.42 bits per heavy atom. The maximum atomic E-state index is 10.4. The molecule has 0 aromatic heterocycles. The summed E-state index contributed by atoms with van der Waals surface area (Å²) >= 11 is 0. The van der Waals surface area contributed by atoms with Crippen LogP contribution in [0.2, 0.25) is 0 Å². The van der Waals surface area contributed by atoms with E-state index in [-0.39, 0.29) is 0 Å². The zero-order chi connectivity index (χ0) is 9.23. The Kier molecular flexibility index (Phi) is 8.05. The Labute approximate surface area is 70.5 Å². The van der Waals surface area contributed by atoms with Crippen molar-refractivity contribution in [2.45, 2.75) is 0 Å². The Hall–Kier alpha value is -0.610. The summed E-state index contributed by atoms with van der Waals surface area (Å²) in [7, 11) is -1.20. The van der Waals surface area contributed by atoms with Crippen LogP contribution in [0, 0.1) is 0 Å². The largest absolute Gasteiger partial charge is 0.512 e. The Bertz CT molecular complexity index is 143. The molecule has 0 atom stereocenters. The van der Waals surface area contributed by atoms with Crippen molar-refractivity contribution in [1.29, 1.82) is 0 Å². The van der Waals surface area contributed by atoms with Crippen LogP contribution >= 0.6 is 17.4 Å². The third-order valence-electron chi connectivity index (χ3n) is 0.564. The van der Waals surface area contributed by atoms with Crippen LogP contribution in [0.1, 0.15) is 0 Å². The van der Waals surface area contributed by atoms with Gasteiger partial charge in [0.2, 0.25) is 13.6 Å². The van der Waals surface area contributed by atoms with Gasteiger partial charge in [-0.05, 0) is 0 Å². The van der Waals surface area contributed by atoms with Gasteiger partial charge in [-0.2, -0.15) is 0 Å². The van der Waals surface area contributed by atoms with Gasteiger partial charge < -0.3 is 9.47 Å². The van der Waals surface area contributed by atoms with Crippen LogP contribution in [-0.2, 0) is 27.7 Å². The smallest absolute Gasteiger partial charge is 0.406 e. The van der Waals surface area contributed by atoms with Gasteiger partial charge in [-0.1, -0.05) is 0 Å². The van der Waals surface area contributed by atoms with Gasteiger partial charge in [0.15, 0.2) is 0 Å². The molecule has 0 amide bonds. The number of carbonyl (C=O) groups excluding carboxylic acids is 1. The Morgan fingerprint density at radius 1 is 1.00 bits per heavy atom. The molecular formula is C3H4O7P2. The highest BCUT2D eigenvalue weighted by Gasteiger charge is 2.02. The quantitative estimate of drug-likeness (QED) is 0.286. The fraction of sp³-hybridized carbons (Fsp3) is 0.667. The van der Waals surface area contributed by atoms with Crippen LogP contribution in [0.4, 0.5) is 4.79 Å². The first-order valence-corrected chi connectivity index (χ1v) is 3.96. The monoisotopic (exact) mass is 214 g/mol. The zero-order valence-electron chi connectivity index (χ0n) is 5.67. The Morgan fingerprint density at radius 3 is 1.75 bits per heavy atom. The molecule has 0 aliphatic carbocycles. The van der Waals surface area contributed by atoms with E-state index in [1.54, 1.807) is 0 Å². The molecule has 0 radical (unpaired) electrons. The molecule has 0 heterocycles. The third kappa shape index (κ3) is 7.50. The second-order valence-corrected chi connectivity index (χ2v) is 2.00. The van der Waals surface area contributed by atoms with Gasteiger partial charge in [-0.3, -0.25) is 9.05 Å².